The van der Waals surface area contributed by atoms with Crippen LogP contribution in [0.5, 0.6) is 0 Å². The number of unbranched alkanes of at least 4 members (excludes halogenated alkanes) is 22. The Kier molecular flexibility index (Phi) is 50.0. The second-order valence-corrected chi connectivity index (χ2v) is 17.3. The van der Waals surface area contributed by atoms with Gasteiger partial charge in [-0.2, -0.15) is 0 Å². The van der Waals surface area contributed by atoms with Crippen molar-refractivity contribution in [3.05, 3.63) is 122 Å². The summed E-state index contributed by atoms with van der Waals surface area (Å²) in [7, 11) is 0. The minimum absolute atomic E-state index is 0.114. The van der Waals surface area contributed by atoms with Crippen LogP contribution in [0.2, 0.25) is 0 Å². The number of hydrogen-bond acceptors (Lipinski definition) is 6. The third kappa shape index (κ3) is 50.8. The number of carbonyl (C=O) groups excluding carboxylic acids is 3. The van der Waals surface area contributed by atoms with Crippen LogP contribution in [-0.2, 0) is 28.6 Å². The van der Waals surface area contributed by atoms with Gasteiger partial charge in [-0.15, -0.1) is 0 Å². The van der Waals surface area contributed by atoms with Crippen LogP contribution >= 0.6 is 0 Å². The van der Waals surface area contributed by atoms with Gasteiger partial charge >= 0.3 is 17.9 Å². The van der Waals surface area contributed by atoms with E-state index < -0.39 is 6.10 Å². The summed E-state index contributed by atoms with van der Waals surface area (Å²) < 4.78 is 16.7. The lowest BCUT2D eigenvalue weighted by atomic mass is 10.1. The summed E-state index contributed by atoms with van der Waals surface area (Å²) in [5, 5.41) is 0. The van der Waals surface area contributed by atoms with Gasteiger partial charge in [0.25, 0.3) is 0 Å². The largest absolute Gasteiger partial charge is 0.462 e. The van der Waals surface area contributed by atoms with Crippen molar-refractivity contribution in [3.63, 3.8) is 0 Å². The Morgan fingerprint density at radius 3 is 0.985 bits per heavy atom. The molecule has 0 N–H and O–H groups in total. The average Bonchev–Trinajstić information content (AvgIpc) is 3.31. The van der Waals surface area contributed by atoms with Crippen molar-refractivity contribution in [2.45, 2.75) is 226 Å². The van der Waals surface area contributed by atoms with Crippen molar-refractivity contribution in [2.24, 2.45) is 0 Å². The maximum Gasteiger partial charge on any atom is 0.306 e. The molecule has 0 aromatic carbocycles. The van der Waals surface area contributed by atoms with Gasteiger partial charge in [-0.3, -0.25) is 14.4 Å². The van der Waals surface area contributed by atoms with Gasteiger partial charge in [0.05, 0.1) is 0 Å². The molecule has 1 unspecified atom stereocenters. The van der Waals surface area contributed by atoms with Crippen molar-refractivity contribution in [1.29, 1.82) is 0 Å². The van der Waals surface area contributed by atoms with Crippen LogP contribution in [0.15, 0.2) is 122 Å². The summed E-state index contributed by atoms with van der Waals surface area (Å²) in [5.41, 5.74) is 0. The molecule has 0 aliphatic carbocycles. The molecular weight excluding hydrogens is 817 g/mol. The molecule has 0 heterocycles. The maximum absolute atomic E-state index is 12.8. The highest BCUT2D eigenvalue weighted by molar-refractivity contribution is 5.71. The van der Waals surface area contributed by atoms with E-state index in [9.17, 15) is 14.4 Å². The zero-order valence-electron chi connectivity index (χ0n) is 42.4. The predicted octanol–water partition coefficient (Wildman–Crippen LogP) is 17.7. The number of esters is 3. The summed E-state index contributed by atoms with van der Waals surface area (Å²) in [6, 6.07) is 0. The van der Waals surface area contributed by atoms with E-state index in [0.29, 0.717) is 19.3 Å². The molecule has 0 saturated heterocycles. The normalized spacial score (nSPS) is 13.1. The van der Waals surface area contributed by atoms with E-state index in [0.717, 1.165) is 103 Å². The topological polar surface area (TPSA) is 78.9 Å². The minimum Gasteiger partial charge on any atom is -0.462 e. The molecule has 6 heteroatoms. The van der Waals surface area contributed by atoms with Gasteiger partial charge < -0.3 is 14.2 Å². The Bertz CT molecular complexity index is 1420. The Hall–Kier alpha value is -4.19. The van der Waals surface area contributed by atoms with Crippen LogP contribution < -0.4 is 0 Å². The lowest BCUT2D eigenvalue weighted by molar-refractivity contribution is -0.167. The van der Waals surface area contributed by atoms with E-state index in [1.165, 1.54) is 70.6 Å². The fourth-order valence-electron chi connectivity index (χ4n) is 6.88. The molecule has 0 aromatic rings. The van der Waals surface area contributed by atoms with Crippen LogP contribution in [-0.4, -0.2) is 37.2 Å². The van der Waals surface area contributed by atoms with E-state index in [4.69, 9.17) is 14.2 Å². The molecule has 0 fully saturated rings. The van der Waals surface area contributed by atoms with Crippen LogP contribution in [0.1, 0.15) is 220 Å². The van der Waals surface area contributed by atoms with Crippen molar-refractivity contribution in [1.82, 2.24) is 0 Å². The summed E-state index contributed by atoms with van der Waals surface area (Å²) in [6.07, 6.45) is 73.2. The molecule has 0 amide bonds. The number of hydrogen-bond donors (Lipinski definition) is 0. The van der Waals surface area contributed by atoms with Crippen molar-refractivity contribution in [3.8, 4) is 0 Å². The van der Waals surface area contributed by atoms with Gasteiger partial charge in [0.2, 0.25) is 0 Å². The second kappa shape index (κ2) is 53.4. The molecule has 0 bridgehead atoms. The molecule has 6 nitrogen and oxygen atoms in total. The smallest absolute Gasteiger partial charge is 0.306 e. The highest BCUT2D eigenvalue weighted by Gasteiger charge is 2.19. The van der Waals surface area contributed by atoms with Gasteiger partial charge in [0, 0.05) is 19.3 Å². The second-order valence-electron chi connectivity index (χ2n) is 17.3. The van der Waals surface area contributed by atoms with Crippen LogP contribution in [0.25, 0.3) is 0 Å². The highest BCUT2D eigenvalue weighted by Crippen LogP contribution is 2.13. The summed E-state index contributed by atoms with van der Waals surface area (Å²) >= 11 is 0. The van der Waals surface area contributed by atoms with Crippen LogP contribution in [0, 0.1) is 0 Å². The first-order valence-corrected chi connectivity index (χ1v) is 26.7. The number of allylic oxidation sites excluding steroid dienone is 20. The summed E-state index contributed by atoms with van der Waals surface area (Å²) in [5.74, 6) is -0.999. The zero-order chi connectivity index (χ0) is 47.9. The van der Waals surface area contributed by atoms with Crippen molar-refractivity contribution in [2.75, 3.05) is 13.2 Å². The average molecular weight is 913 g/mol. The van der Waals surface area contributed by atoms with Crippen LogP contribution in [0.4, 0.5) is 0 Å². The Morgan fingerprint density at radius 1 is 0.318 bits per heavy atom. The van der Waals surface area contributed by atoms with Crippen LogP contribution in [0.3, 0.4) is 0 Å². The predicted molar refractivity (Wildman–Crippen MR) is 283 cm³/mol. The van der Waals surface area contributed by atoms with Gasteiger partial charge in [0.1, 0.15) is 13.2 Å². The maximum atomic E-state index is 12.8. The fraction of sp³-hybridized carbons (Fsp3) is 0.617. The molecule has 0 rings (SSSR count). The quantitative estimate of drug-likeness (QED) is 0.0199. The molecule has 0 aromatic heterocycles. The standard InChI is InChI=1S/C60H96O6/c1-4-7-10-13-16-19-22-25-27-29-31-32-35-38-41-44-47-50-53-59(62)65-56-57(55-64-58(61)52-49-46-43-40-37-34-24-21-18-15-12-9-6-3)66-60(63)54-51-48-45-42-39-36-33-30-28-26-23-20-17-14-11-8-5-2/h8,11,14,17,20,22-23,25-34,36-37,39,57H,4-7,9-10,12-13,15-16,18-19,21,24,35,38,40-56H2,1-3H3/b11-8-,17-14-,23-20-,25-22-,28-26-,29-27-,32-31-,33-30+,37-34-,39-36-. The van der Waals surface area contributed by atoms with Crippen molar-refractivity contribution >= 4 is 17.9 Å². The molecule has 0 aliphatic rings. The Morgan fingerprint density at radius 2 is 0.606 bits per heavy atom. The van der Waals surface area contributed by atoms with Gasteiger partial charge in [-0.05, 0) is 89.9 Å². The first-order chi connectivity index (χ1) is 32.5. The molecular formula is C60H96O6. The third-order valence-electron chi connectivity index (χ3n) is 10.9. The summed E-state index contributed by atoms with van der Waals surface area (Å²) in [6.45, 7) is 6.39. The van der Waals surface area contributed by atoms with Crippen molar-refractivity contribution < 1.29 is 28.6 Å². The molecule has 372 valence electrons. The number of carbonyl (C=O) groups is 3. The molecule has 0 saturated carbocycles. The molecule has 0 radical (unpaired) electrons. The Balaban J connectivity index is 4.56. The number of rotatable bonds is 46. The van der Waals surface area contributed by atoms with E-state index >= 15 is 0 Å². The fourth-order valence-corrected chi connectivity index (χ4v) is 6.88. The van der Waals surface area contributed by atoms with Gasteiger partial charge in [-0.1, -0.05) is 232 Å². The zero-order valence-corrected chi connectivity index (χ0v) is 42.4. The first kappa shape index (κ1) is 61.8. The van der Waals surface area contributed by atoms with Gasteiger partial charge in [0.15, 0.2) is 6.10 Å². The molecule has 0 aliphatic heterocycles. The monoisotopic (exact) mass is 913 g/mol. The third-order valence-corrected chi connectivity index (χ3v) is 10.9. The minimum atomic E-state index is -0.819. The van der Waals surface area contributed by atoms with E-state index in [1.54, 1.807) is 0 Å². The van der Waals surface area contributed by atoms with E-state index in [-0.39, 0.29) is 37.5 Å². The molecule has 66 heavy (non-hydrogen) atoms. The molecule has 0 spiro atoms. The Labute approximate surface area is 405 Å². The number of ether oxygens (including phenoxy) is 3. The first-order valence-electron chi connectivity index (χ1n) is 26.7. The molecule has 1 atom stereocenters. The highest BCUT2D eigenvalue weighted by atomic mass is 16.6. The van der Waals surface area contributed by atoms with E-state index in [1.807, 2.05) is 60.8 Å². The van der Waals surface area contributed by atoms with E-state index in [2.05, 4.69) is 81.5 Å². The summed E-state index contributed by atoms with van der Waals surface area (Å²) in [4.78, 5) is 38.0. The SMILES string of the molecule is CC\C=C/C=C\C=C/C=C\C=C\C=C/CCCCCC(=O)OC(COC(=O)CCCCC/C=C\CCCCCCCC)COC(=O)CCCCCCC\C=C/C=C\C=C/CCCCCCC. The van der Waals surface area contributed by atoms with Gasteiger partial charge in [-0.25, -0.2) is 0 Å². The lowest BCUT2D eigenvalue weighted by Gasteiger charge is -2.18. The lowest BCUT2D eigenvalue weighted by Crippen LogP contribution is -2.30.